The lowest BCUT2D eigenvalue weighted by molar-refractivity contribution is 0.0945. The summed E-state index contributed by atoms with van der Waals surface area (Å²) in [6.07, 6.45) is 1.64. The third-order valence-electron chi connectivity index (χ3n) is 3.96. The van der Waals surface area contributed by atoms with E-state index < -0.39 is 0 Å². The van der Waals surface area contributed by atoms with Crippen molar-refractivity contribution in [2.45, 2.75) is 46.1 Å². The minimum absolute atomic E-state index is 0.124. The highest BCUT2D eigenvalue weighted by molar-refractivity contribution is 7.17. The summed E-state index contributed by atoms with van der Waals surface area (Å²) >= 11 is 1.34. The summed E-state index contributed by atoms with van der Waals surface area (Å²) in [6, 6.07) is 3.76. The molecule has 2 heterocycles. The number of nitrogens with two attached hydrogens (primary N) is 1. The van der Waals surface area contributed by atoms with Gasteiger partial charge in [-0.2, -0.15) is 0 Å². The van der Waals surface area contributed by atoms with Crippen molar-refractivity contribution in [1.82, 2.24) is 10.3 Å². The first-order valence-electron chi connectivity index (χ1n) is 7.50. The second-order valence-electron chi connectivity index (χ2n) is 5.60. The second-order valence-corrected chi connectivity index (χ2v) is 6.60. The summed E-state index contributed by atoms with van der Waals surface area (Å²) in [5.41, 5.74) is 6.58. The van der Waals surface area contributed by atoms with E-state index in [1.54, 1.807) is 0 Å². The van der Waals surface area contributed by atoms with Gasteiger partial charge < -0.3 is 15.5 Å². The molecule has 0 saturated carbocycles. The molecule has 0 atom stereocenters. The molecule has 0 radical (unpaired) electrons. The molecule has 6 heteroatoms. The van der Waals surface area contributed by atoms with E-state index in [0.29, 0.717) is 22.9 Å². The highest BCUT2D eigenvalue weighted by Gasteiger charge is 2.23. The molecule has 0 unspecified atom stereocenters. The zero-order valence-corrected chi connectivity index (χ0v) is 14.3. The third-order valence-corrected chi connectivity index (χ3v) is 5.13. The van der Waals surface area contributed by atoms with Gasteiger partial charge in [-0.3, -0.25) is 4.79 Å². The molecule has 120 valence electrons. The Morgan fingerprint density at radius 2 is 2.05 bits per heavy atom. The van der Waals surface area contributed by atoms with Gasteiger partial charge in [-0.25, -0.2) is 4.98 Å². The van der Waals surface area contributed by atoms with Crippen molar-refractivity contribution in [3.63, 3.8) is 0 Å². The maximum absolute atomic E-state index is 12.4. The van der Waals surface area contributed by atoms with Gasteiger partial charge in [0.15, 0.2) is 10.8 Å². The summed E-state index contributed by atoms with van der Waals surface area (Å²) < 4.78 is 5.56. The summed E-state index contributed by atoms with van der Waals surface area (Å²) in [6.45, 7) is 8.25. The molecule has 2 rings (SSSR count). The molecule has 2 aromatic heterocycles. The zero-order valence-electron chi connectivity index (χ0n) is 13.5. The topological polar surface area (TPSA) is 81.1 Å². The first kappa shape index (κ1) is 16.7. The van der Waals surface area contributed by atoms with Gasteiger partial charge in [0.25, 0.3) is 5.91 Å². The highest BCUT2D eigenvalue weighted by Crippen LogP contribution is 2.29. The molecule has 0 aliphatic heterocycles. The number of carbonyl (C=O) groups is 1. The van der Waals surface area contributed by atoms with Crippen molar-refractivity contribution in [3.8, 4) is 10.8 Å². The molecule has 0 aliphatic carbocycles. The maximum Gasteiger partial charge on any atom is 0.263 e. The van der Waals surface area contributed by atoms with Crippen LogP contribution in [0.1, 0.15) is 47.8 Å². The fraction of sp³-hybridized carbons (Fsp3) is 0.500. The minimum Gasteiger partial charge on any atom is -0.459 e. The Bertz CT molecular complexity index is 656. The summed E-state index contributed by atoms with van der Waals surface area (Å²) in [4.78, 5) is 17.4. The number of amides is 1. The average Bonchev–Trinajstić information content (AvgIpc) is 3.10. The largest absolute Gasteiger partial charge is 0.459 e. The van der Waals surface area contributed by atoms with Gasteiger partial charge in [-0.05, 0) is 38.8 Å². The normalized spacial score (nSPS) is 11.7. The number of nitrogens with one attached hydrogen (secondary N) is 1. The van der Waals surface area contributed by atoms with Gasteiger partial charge >= 0.3 is 0 Å². The molecule has 0 fully saturated rings. The van der Waals surface area contributed by atoms with Crippen LogP contribution in [-0.2, 0) is 0 Å². The molecular weight excluding hydrogens is 298 g/mol. The first-order valence-corrected chi connectivity index (χ1v) is 8.31. The lowest BCUT2D eigenvalue weighted by Gasteiger charge is -2.26. The van der Waals surface area contributed by atoms with E-state index in [-0.39, 0.29) is 11.4 Å². The quantitative estimate of drug-likeness (QED) is 0.855. The Morgan fingerprint density at radius 3 is 2.59 bits per heavy atom. The lowest BCUT2D eigenvalue weighted by atomic mass is 9.94. The number of aryl methyl sites for hydroxylation is 2. The Balaban J connectivity index is 2.12. The van der Waals surface area contributed by atoms with Crippen LogP contribution in [0.5, 0.6) is 0 Å². The molecule has 0 aliphatic rings. The fourth-order valence-corrected chi connectivity index (χ4v) is 3.04. The van der Waals surface area contributed by atoms with Gasteiger partial charge in [0.1, 0.15) is 10.6 Å². The SMILES string of the molecule is CCC(N)(CC)CNC(=O)c1sc(-c2ccc(C)o2)nc1C. The highest BCUT2D eigenvalue weighted by atomic mass is 32.1. The smallest absolute Gasteiger partial charge is 0.263 e. The van der Waals surface area contributed by atoms with Crippen LogP contribution in [0, 0.1) is 13.8 Å². The van der Waals surface area contributed by atoms with Gasteiger partial charge in [-0.15, -0.1) is 11.3 Å². The Labute approximate surface area is 134 Å². The molecule has 0 aromatic carbocycles. The van der Waals surface area contributed by atoms with E-state index in [9.17, 15) is 4.79 Å². The van der Waals surface area contributed by atoms with Gasteiger partial charge in [-0.1, -0.05) is 13.8 Å². The number of carbonyl (C=O) groups excluding carboxylic acids is 1. The number of nitrogens with zero attached hydrogens (tertiary/aromatic N) is 1. The number of rotatable bonds is 6. The number of furan rings is 1. The lowest BCUT2D eigenvalue weighted by Crippen LogP contribution is -2.49. The predicted octanol–water partition coefficient (Wildman–Crippen LogP) is 3.27. The minimum atomic E-state index is -0.352. The van der Waals surface area contributed by atoms with Crippen molar-refractivity contribution in [3.05, 3.63) is 28.5 Å². The van der Waals surface area contributed by atoms with E-state index in [4.69, 9.17) is 10.2 Å². The molecule has 0 bridgehead atoms. The first-order chi connectivity index (χ1) is 10.4. The molecule has 2 aromatic rings. The molecule has 0 saturated heterocycles. The molecule has 5 nitrogen and oxygen atoms in total. The molecular formula is C16H23N3O2S. The fourth-order valence-electron chi connectivity index (χ4n) is 2.10. The Hall–Kier alpha value is -1.66. The molecule has 0 spiro atoms. The summed E-state index contributed by atoms with van der Waals surface area (Å²) in [5.74, 6) is 1.40. The molecule has 22 heavy (non-hydrogen) atoms. The van der Waals surface area contributed by atoms with Crippen molar-refractivity contribution in [1.29, 1.82) is 0 Å². The van der Waals surface area contributed by atoms with Gasteiger partial charge in [0, 0.05) is 12.1 Å². The standard InChI is InChI=1S/C16H23N3O2S/c1-5-16(17,6-2)9-18-14(20)13-11(4)19-15(22-13)12-8-7-10(3)21-12/h7-8H,5-6,9,17H2,1-4H3,(H,18,20). The third kappa shape index (κ3) is 3.56. The van der Waals surface area contributed by atoms with Crippen LogP contribution in [0.25, 0.3) is 10.8 Å². The Morgan fingerprint density at radius 1 is 1.36 bits per heavy atom. The second kappa shape index (κ2) is 6.62. The van der Waals surface area contributed by atoms with Crippen LogP contribution in [-0.4, -0.2) is 23.0 Å². The van der Waals surface area contributed by atoms with E-state index in [1.165, 1.54) is 11.3 Å². The van der Waals surface area contributed by atoms with E-state index in [2.05, 4.69) is 10.3 Å². The van der Waals surface area contributed by atoms with Gasteiger partial charge in [0.2, 0.25) is 0 Å². The van der Waals surface area contributed by atoms with Crippen LogP contribution >= 0.6 is 11.3 Å². The van der Waals surface area contributed by atoms with Crippen molar-refractivity contribution in [2.24, 2.45) is 5.73 Å². The molecule has 3 N–H and O–H groups in total. The van der Waals surface area contributed by atoms with E-state index >= 15 is 0 Å². The molecule has 1 amide bonds. The average molecular weight is 321 g/mol. The predicted molar refractivity (Wildman–Crippen MR) is 89.1 cm³/mol. The Kier molecular flexibility index (Phi) is 5.03. The van der Waals surface area contributed by atoms with Crippen molar-refractivity contribution in [2.75, 3.05) is 6.54 Å². The van der Waals surface area contributed by atoms with Crippen LogP contribution in [0.15, 0.2) is 16.5 Å². The van der Waals surface area contributed by atoms with Crippen LogP contribution in [0.2, 0.25) is 0 Å². The van der Waals surface area contributed by atoms with Gasteiger partial charge in [0.05, 0.1) is 5.69 Å². The van der Waals surface area contributed by atoms with E-state index in [1.807, 2.05) is 39.8 Å². The zero-order chi connectivity index (χ0) is 16.3. The van der Waals surface area contributed by atoms with Crippen LogP contribution in [0.4, 0.5) is 0 Å². The van der Waals surface area contributed by atoms with E-state index in [0.717, 1.165) is 23.6 Å². The van der Waals surface area contributed by atoms with Crippen LogP contribution in [0.3, 0.4) is 0 Å². The number of hydrogen-bond acceptors (Lipinski definition) is 5. The number of aromatic nitrogens is 1. The summed E-state index contributed by atoms with van der Waals surface area (Å²) in [7, 11) is 0. The maximum atomic E-state index is 12.4. The number of thiazole rings is 1. The van der Waals surface area contributed by atoms with Crippen molar-refractivity contribution < 1.29 is 9.21 Å². The number of hydrogen-bond donors (Lipinski definition) is 2. The monoisotopic (exact) mass is 321 g/mol. The van der Waals surface area contributed by atoms with Crippen molar-refractivity contribution >= 4 is 17.2 Å². The summed E-state index contributed by atoms with van der Waals surface area (Å²) in [5, 5.41) is 3.65. The van der Waals surface area contributed by atoms with Crippen LogP contribution < -0.4 is 11.1 Å².